The van der Waals surface area contributed by atoms with Crippen molar-refractivity contribution in [2.75, 3.05) is 32.9 Å². The minimum atomic E-state index is 0.677. The van der Waals surface area contributed by atoms with Crippen LogP contribution in [0, 0.1) is 6.92 Å². The minimum absolute atomic E-state index is 0.677. The van der Waals surface area contributed by atoms with Crippen molar-refractivity contribution in [3.8, 4) is 5.75 Å². The van der Waals surface area contributed by atoms with E-state index in [1.54, 1.807) is 0 Å². The monoisotopic (exact) mass is 329 g/mol. The van der Waals surface area contributed by atoms with Gasteiger partial charge in [0.15, 0.2) is 0 Å². The van der Waals surface area contributed by atoms with Crippen molar-refractivity contribution in [3.05, 3.63) is 28.2 Å². The highest BCUT2D eigenvalue weighted by atomic mass is 79.9. The van der Waals surface area contributed by atoms with Gasteiger partial charge in [-0.1, -0.05) is 29.3 Å². The lowest BCUT2D eigenvalue weighted by atomic mass is 10.2. The van der Waals surface area contributed by atoms with Crippen molar-refractivity contribution in [1.29, 1.82) is 0 Å². The van der Waals surface area contributed by atoms with E-state index in [4.69, 9.17) is 9.47 Å². The maximum absolute atomic E-state index is 5.66. The van der Waals surface area contributed by atoms with E-state index in [0.29, 0.717) is 6.61 Å². The molecule has 0 aliphatic heterocycles. The Balaban J connectivity index is 2.00. The number of rotatable bonds is 10. The Morgan fingerprint density at radius 3 is 2.68 bits per heavy atom. The number of halogens is 1. The van der Waals surface area contributed by atoms with Crippen LogP contribution in [0.2, 0.25) is 0 Å². The second kappa shape index (κ2) is 10.2. The largest absolute Gasteiger partial charge is 0.492 e. The van der Waals surface area contributed by atoms with Gasteiger partial charge >= 0.3 is 0 Å². The molecule has 1 aromatic carbocycles. The molecule has 0 bridgehead atoms. The molecule has 108 valence electrons. The van der Waals surface area contributed by atoms with Crippen molar-refractivity contribution in [3.63, 3.8) is 0 Å². The summed E-state index contributed by atoms with van der Waals surface area (Å²) in [7, 11) is 0. The van der Waals surface area contributed by atoms with Gasteiger partial charge in [0.05, 0.1) is 6.61 Å². The molecule has 1 aromatic rings. The van der Waals surface area contributed by atoms with Crippen LogP contribution in [0.25, 0.3) is 0 Å². The Morgan fingerprint density at radius 2 is 1.95 bits per heavy atom. The fourth-order valence-electron chi connectivity index (χ4n) is 1.57. The summed E-state index contributed by atoms with van der Waals surface area (Å²) in [6.07, 6.45) is 2.33. The summed E-state index contributed by atoms with van der Waals surface area (Å²) < 4.78 is 12.2. The first-order valence-electron chi connectivity index (χ1n) is 6.91. The summed E-state index contributed by atoms with van der Waals surface area (Å²) in [5.74, 6) is 0.918. The smallest absolute Gasteiger partial charge is 0.119 e. The molecule has 0 aliphatic rings. The molecule has 1 N–H and O–H groups in total. The molecule has 0 fully saturated rings. The average molecular weight is 330 g/mol. The van der Waals surface area contributed by atoms with Crippen LogP contribution in [0.15, 0.2) is 22.7 Å². The van der Waals surface area contributed by atoms with E-state index in [2.05, 4.69) is 35.1 Å². The number of hydrogen-bond donors (Lipinski definition) is 1. The van der Waals surface area contributed by atoms with Gasteiger partial charge in [-0.05, 0) is 37.1 Å². The second-order valence-electron chi connectivity index (χ2n) is 4.48. The highest BCUT2D eigenvalue weighted by Gasteiger charge is 1.98. The predicted octanol–water partition coefficient (Wildman–Crippen LogP) is 3.54. The lowest BCUT2D eigenvalue weighted by Gasteiger charge is -2.09. The van der Waals surface area contributed by atoms with Crippen LogP contribution in [0.5, 0.6) is 5.75 Å². The molecule has 0 aromatic heterocycles. The van der Waals surface area contributed by atoms with E-state index in [1.165, 1.54) is 12.0 Å². The van der Waals surface area contributed by atoms with Gasteiger partial charge in [-0.25, -0.2) is 0 Å². The Hall–Kier alpha value is -0.580. The van der Waals surface area contributed by atoms with E-state index in [1.807, 2.05) is 18.2 Å². The van der Waals surface area contributed by atoms with Gasteiger partial charge in [-0.3, -0.25) is 0 Å². The van der Waals surface area contributed by atoms with Crippen LogP contribution in [0.4, 0.5) is 0 Å². The highest BCUT2D eigenvalue weighted by molar-refractivity contribution is 9.10. The van der Waals surface area contributed by atoms with Crippen molar-refractivity contribution in [2.24, 2.45) is 0 Å². The summed E-state index contributed by atoms with van der Waals surface area (Å²) >= 11 is 3.48. The Labute approximate surface area is 124 Å². The fraction of sp³-hybridized carbons (Fsp3) is 0.600. The average Bonchev–Trinajstić information content (AvgIpc) is 2.41. The van der Waals surface area contributed by atoms with Crippen LogP contribution in [0.3, 0.4) is 0 Å². The first-order valence-corrected chi connectivity index (χ1v) is 7.70. The molecule has 1 rings (SSSR count). The molecule has 0 radical (unpaired) electrons. The summed E-state index contributed by atoms with van der Waals surface area (Å²) in [4.78, 5) is 0. The maximum Gasteiger partial charge on any atom is 0.119 e. The van der Waals surface area contributed by atoms with Gasteiger partial charge in [0, 0.05) is 24.2 Å². The molecule has 0 heterocycles. The number of hydrogen-bond acceptors (Lipinski definition) is 3. The number of nitrogens with one attached hydrogen (secondary N) is 1. The highest BCUT2D eigenvalue weighted by Crippen LogP contribution is 2.21. The van der Waals surface area contributed by atoms with Gasteiger partial charge in [0.25, 0.3) is 0 Å². The number of ether oxygens (including phenoxy) is 2. The topological polar surface area (TPSA) is 30.5 Å². The predicted molar refractivity (Wildman–Crippen MR) is 83.0 cm³/mol. The van der Waals surface area contributed by atoms with Crippen LogP contribution >= 0.6 is 15.9 Å². The third-order valence-electron chi connectivity index (χ3n) is 2.74. The van der Waals surface area contributed by atoms with Gasteiger partial charge < -0.3 is 14.8 Å². The fourth-order valence-corrected chi connectivity index (χ4v) is 1.81. The zero-order valence-corrected chi connectivity index (χ0v) is 13.5. The molecule has 0 unspecified atom stereocenters. The first kappa shape index (κ1) is 16.5. The van der Waals surface area contributed by atoms with Crippen LogP contribution in [-0.2, 0) is 4.74 Å². The van der Waals surface area contributed by atoms with Gasteiger partial charge in [0.1, 0.15) is 12.4 Å². The van der Waals surface area contributed by atoms with Gasteiger partial charge in [0.2, 0.25) is 0 Å². The van der Waals surface area contributed by atoms with Gasteiger partial charge in [-0.2, -0.15) is 0 Å². The van der Waals surface area contributed by atoms with E-state index in [9.17, 15) is 0 Å². The molecule has 0 saturated carbocycles. The first-order chi connectivity index (χ1) is 9.24. The number of aryl methyl sites for hydroxylation is 1. The van der Waals surface area contributed by atoms with Crippen LogP contribution in [0.1, 0.15) is 25.3 Å². The van der Waals surface area contributed by atoms with Crippen molar-refractivity contribution >= 4 is 15.9 Å². The third-order valence-corrected chi connectivity index (χ3v) is 3.63. The zero-order valence-electron chi connectivity index (χ0n) is 11.9. The molecule has 19 heavy (non-hydrogen) atoms. The zero-order chi connectivity index (χ0) is 13.9. The summed E-state index contributed by atoms with van der Waals surface area (Å²) in [5.41, 5.74) is 1.19. The molecule has 0 saturated heterocycles. The van der Waals surface area contributed by atoms with Crippen molar-refractivity contribution < 1.29 is 9.47 Å². The minimum Gasteiger partial charge on any atom is -0.492 e. The third kappa shape index (κ3) is 7.55. The lowest BCUT2D eigenvalue weighted by molar-refractivity contribution is 0.132. The van der Waals surface area contributed by atoms with Crippen LogP contribution < -0.4 is 10.1 Å². The quantitative estimate of drug-likeness (QED) is 0.666. The molecule has 0 atom stereocenters. The molecule has 0 spiro atoms. The summed E-state index contributed by atoms with van der Waals surface area (Å²) in [6, 6.07) is 6.03. The van der Waals surface area contributed by atoms with Crippen molar-refractivity contribution in [2.45, 2.75) is 26.7 Å². The molecular formula is C15H24BrNO2. The number of benzene rings is 1. The Bertz CT molecular complexity index is 358. The standard InChI is InChI=1S/C15H24BrNO2/c1-3-4-9-18-10-7-17-8-11-19-14-5-6-15(16)13(2)12-14/h5-6,12,17H,3-4,7-11H2,1-2H3. The van der Waals surface area contributed by atoms with E-state index in [0.717, 1.165) is 42.9 Å². The summed E-state index contributed by atoms with van der Waals surface area (Å²) in [5, 5.41) is 3.30. The van der Waals surface area contributed by atoms with E-state index >= 15 is 0 Å². The molecular weight excluding hydrogens is 306 g/mol. The molecule has 3 nitrogen and oxygen atoms in total. The molecule has 0 amide bonds. The van der Waals surface area contributed by atoms with Gasteiger partial charge in [-0.15, -0.1) is 0 Å². The Kier molecular flexibility index (Phi) is 8.88. The van der Waals surface area contributed by atoms with E-state index in [-0.39, 0.29) is 0 Å². The SMILES string of the molecule is CCCCOCCNCCOc1ccc(Br)c(C)c1. The van der Waals surface area contributed by atoms with Crippen LogP contribution in [-0.4, -0.2) is 32.9 Å². The summed E-state index contributed by atoms with van der Waals surface area (Å²) in [6.45, 7) is 8.27. The van der Waals surface area contributed by atoms with E-state index < -0.39 is 0 Å². The number of unbranched alkanes of at least 4 members (excludes halogenated alkanes) is 1. The molecule has 0 aliphatic carbocycles. The maximum atomic E-state index is 5.66. The normalized spacial score (nSPS) is 10.7. The van der Waals surface area contributed by atoms with Crippen molar-refractivity contribution in [1.82, 2.24) is 5.32 Å². The molecule has 4 heteroatoms. The lowest BCUT2D eigenvalue weighted by Crippen LogP contribution is -2.25. The second-order valence-corrected chi connectivity index (χ2v) is 5.33. The Morgan fingerprint density at radius 1 is 1.16 bits per heavy atom.